The molecule has 0 atom stereocenters. The molecule has 18 heavy (non-hydrogen) atoms. The van der Waals surface area contributed by atoms with Crippen molar-refractivity contribution in [2.45, 2.75) is 19.3 Å². The van der Waals surface area contributed by atoms with E-state index in [1.54, 1.807) is 13.2 Å². The molecule has 2 heterocycles. The second kappa shape index (κ2) is 6.39. The highest BCUT2D eigenvalue weighted by atomic mass is 16.5. The Labute approximate surface area is 108 Å². The average molecular weight is 251 g/mol. The molecule has 1 aliphatic rings. The number of nitrogen functional groups attached to an aromatic ring is 1. The van der Waals surface area contributed by atoms with Gasteiger partial charge in [0.05, 0.1) is 7.11 Å². The summed E-state index contributed by atoms with van der Waals surface area (Å²) in [7, 11) is 1.57. The van der Waals surface area contributed by atoms with Gasteiger partial charge in [-0.2, -0.15) is 9.97 Å². The Hall–Kier alpha value is -1.56. The Morgan fingerprint density at radius 1 is 1.39 bits per heavy atom. The molecular weight excluding hydrogens is 230 g/mol. The van der Waals surface area contributed by atoms with E-state index < -0.39 is 0 Å². The number of rotatable bonds is 6. The van der Waals surface area contributed by atoms with Crippen LogP contribution in [0.15, 0.2) is 6.07 Å². The zero-order chi connectivity index (χ0) is 12.8. The molecule has 6 heteroatoms. The largest absolute Gasteiger partial charge is 0.481 e. The Balaban J connectivity index is 1.73. The van der Waals surface area contributed by atoms with Crippen LogP contribution in [0.1, 0.15) is 19.3 Å². The fourth-order valence-electron chi connectivity index (χ4n) is 2.16. The molecule has 3 N–H and O–H groups in total. The molecular formula is C12H21N5O. The highest BCUT2D eigenvalue weighted by molar-refractivity contribution is 5.42. The zero-order valence-electron chi connectivity index (χ0n) is 10.9. The molecule has 0 aliphatic carbocycles. The Morgan fingerprint density at radius 3 is 2.89 bits per heavy atom. The highest BCUT2D eigenvalue weighted by Crippen LogP contribution is 2.14. The summed E-state index contributed by atoms with van der Waals surface area (Å²) in [6, 6.07) is 1.76. The molecule has 0 aromatic carbocycles. The summed E-state index contributed by atoms with van der Waals surface area (Å²) in [6.07, 6.45) is 3.78. The Kier molecular flexibility index (Phi) is 4.58. The van der Waals surface area contributed by atoms with Gasteiger partial charge in [-0.05, 0) is 38.9 Å². The Bertz CT molecular complexity index is 379. The van der Waals surface area contributed by atoms with Crippen LogP contribution in [-0.4, -0.2) is 48.2 Å². The molecule has 1 aromatic heterocycles. The first-order valence-corrected chi connectivity index (χ1v) is 6.43. The first kappa shape index (κ1) is 12.9. The van der Waals surface area contributed by atoms with Crippen LogP contribution in [0.5, 0.6) is 5.88 Å². The van der Waals surface area contributed by atoms with Crippen LogP contribution in [0.4, 0.5) is 11.8 Å². The topological polar surface area (TPSA) is 76.3 Å². The number of nitrogens with two attached hydrogens (primary N) is 1. The van der Waals surface area contributed by atoms with Gasteiger partial charge >= 0.3 is 0 Å². The van der Waals surface area contributed by atoms with Crippen molar-refractivity contribution < 1.29 is 4.74 Å². The summed E-state index contributed by atoms with van der Waals surface area (Å²) in [4.78, 5) is 10.5. The van der Waals surface area contributed by atoms with Crippen molar-refractivity contribution in [1.29, 1.82) is 0 Å². The summed E-state index contributed by atoms with van der Waals surface area (Å²) in [5.74, 6) is 1.45. The monoisotopic (exact) mass is 251 g/mol. The zero-order valence-corrected chi connectivity index (χ0v) is 10.9. The molecule has 0 radical (unpaired) electrons. The van der Waals surface area contributed by atoms with Gasteiger partial charge in [-0.1, -0.05) is 0 Å². The van der Waals surface area contributed by atoms with E-state index in [0.29, 0.717) is 5.88 Å². The van der Waals surface area contributed by atoms with E-state index in [2.05, 4.69) is 20.2 Å². The van der Waals surface area contributed by atoms with Crippen LogP contribution in [0.25, 0.3) is 0 Å². The molecule has 0 bridgehead atoms. The number of methoxy groups -OCH3 is 1. The summed E-state index contributed by atoms with van der Waals surface area (Å²) in [5, 5.41) is 3.25. The van der Waals surface area contributed by atoms with Crippen molar-refractivity contribution in [1.82, 2.24) is 14.9 Å². The summed E-state index contributed by atoms with van der Waals surface area (Å²) in [5.41, 5.74) is 5.59. The third kappa shape index (κ3) is 3.73. The van der Waals surface area contributed by atoms with E-state index >= 15 is 0 Å². The van der Waals surface area contributed by atoms with Gasteiger partial charge in [0, 0.05) is 12.6 Å². The number of ether oxygens (including phenoxy) is 1. The van der Waals surface area contributed by atoms with E-state index in [0.717, 1.165) is 25.3 Å². The highest BCUT2D eigenvalue weighted by Gasteiger charge is 2.10. The van der Waals surface area contributed by atoms with E-state index in [9.17, 15) is 0 Å². The van der Waals surface area contributed by atoms with Crippen LogP contribution >= 0.6 is 0 Å². The molecule has 2 rings (SSSR count). The molecule has 0 amide bonds. The maximum Gasteiger partial charge on any atom is 0.225 e. The molecule has 1 fully saturated rings. The third-order valence-electron chi connectivity index (χ3n) is 3.08. The minimum absolute atomic E-state index is 0.233. The van der Waals surface area contributed by atoms with Crippen LogP contribution in [0, 0.1) is 0 Å². The van der Waals surface area contributed by atoms with Gasteiger partial charge in [0.25, 0.3) is 0 Å². The predicted octanol–water partition coefficient (Wildman–Crippen LogP) is 0.965. The maximum atomic E-state index is 5.59. The van der Waals surface area contributed by atoms with E-state index in [-0.39, 0.29) is 5.95 Å². The van der Waals surface area contributed by atoms with E-state index in [1.165, 1.54) is 25.9 Å². The summed E-state index contributed by atoms with van der Waals surface area (Å²) < 4.78 is 5.04. The maximum absolute atomic E-state index is 5.59. The van der Waals surface area contributed by atoms with Gasteiger partial charge in [0.2, 0.25) is 11.8 Å². The number of aromatic nitrogens is 2. The molecule has 0 unspecified atom stereocenters. The van der Waals surface area contributed by atoms with Crippen molar-refractivity contribution in [3.05, 3.63) is 6.07 Å². The smallest absolute Gasteiger partial charge is 0.225 e. The van der Waals surface area contributed by atoms with Gasteiger partial charge in [0.15, 0.2) is 0 Å². The van der Waals surface area contributed by atoms with Crippen molar-refractivity contribution in [2.75, 3.05) is 44.3 Å². The van der Waals surface area contributed by atoms with E-state index in [1.807, 2.05) is 0 Å². The van der Waals surface area contributed by atoms with Gasteiger partial charge in [-0.25, -0.2) is 0 Å². The molecule has 6 nitrogen and oxygen atoms in total. The molecule has 0 saturated carbocycles. The van der Waals surface area contributed by atoms with Crippen molar-refractivity contribution >= 4 is 11.8 Å². The fraction of sp³-hybridized carbons (Fsp3) is 0.667. The summed E-state index contributed by atoms with van der Waals surface area (Å²) >= 11 is 0. The lowest BCUT2D eigenvalue weighted by atomic mass is 10.4. The minimum Gasteiger partial charge on any atom is -0.481 e. The van der Waals surface area contributed by atoms with Crippen LogP contribution in [0.2, 0.25) is 0 Å². The third-order valence-corrected chi connectivity index (χ3v) is 3.08. The minimum atomic E-state index is 0.233. The van der Waals surface area contributed by atoms with Gasteiger partial charge in [0.1, 0.15) is 5.82 Å². The van der Waals surface area contributed by atoms with Crippen molar-refractivity contribution in [3.8, 4) is 5.88 Å². The first-order chi connectivity index (χ1) is 8.78. The summed E-state index contributed by atoms with van der Waals surface area (Å²) in [6.45, 7) is 4.52. The van der Waals surface area contributed by atoms with Gasteiger partial charge in [-0.3, -0.25) is 0 Å². The van der Waals surface area contributed by atoms with E-state index in [4.69, 9.17) is 10.5 Å². The molecule has 1 aliphatic heterocycles. The normalized spacial score (nSPS) is 15.8. The number of nitrogens with zero attached hydrogens (tertiary/aromatic N) is 3. The number of hydrogen-bond acceptors (Lipinski definition) is 6. The van der Waals surface area contributed by atoms with Crippen LogP contribution in [-0.2, 0) is 0 Å². The number of hydrogen-bond donors (Lipinski definition) is 2. The van der Waals surface area contributed by atoms with Crippen LogP contribution in [0.3, 0.4) is 0 Å². The quantitative estimate of drug-likeness (QED) is 0.734. The Morgan fingerprint density at radius 2 is 2.17 bits per heavy atom. The van der Waals surface area contributed by atoms with Crippen LogP contribution < -0.4 is 15.8 Å². The van der Waals surface area contributed by atoms with Gasteiger partial charge < -0.3 is 20.7 Å². The van der Waals surface area contributed by atoms with Crippen molar-refractivity contribution in [2.24, 2.45) is 0 Å². The predicted molar refractivity (Wildman–Crippen MR) is 71.8 cm³/mol. The molecule has 1 aromatic rings. The number of nitrogens with one attached hydrogen (secondary N) is 1. The standard InChI is InChI=1S/C12H21N5O/c1-18-11-9-10(15-12(13)16-11)14-5-4-8-17-6-2-3-7-17/h9H,2-8H2,1H3,(H3,13,14,15,16). The van der Waals surface area contributed by atoms with Gasteiger partial charge in [-0.15, -0.1) is 0 Å². The van der Waals surface area contributed by atoms with Crippen molar-refractivity contribution in [3.63, 3.8) is 0 Å². The fourth-order valence-corrected chi connectivity index (χ4v) is 2.16. The number of anilines is 2. The number of likely N-dealkylation sites (tertiary alicyclic amines) is 1. The molecule has 100 valence electrons. The molecule has 0 spiro atoms. The lowest BCUT2D eigenvalue weighted by Gasteiger charge is -2.14. The SMILES string of the molecule is COc1cc(NCCCN2CCCC2)nc(N)n1. The molecule has 1 saturated heterocycles. The first-order valence-electron chi connectivity index (χ1n) is 6.43. The second-order valence-electron chi connectivity index (χ2n) is 4.48. The second-order valence-corrected chi connectivity index (χ2v) is 4.48. The lowest BCUT2D eigenvalue weighted by Crippen LogP contribution is -2.22. The average Bonchev–Trinajstić information content (AvgIpc) is 2.87. The lowest BCUT2D eigenvalue weighted by molar-refractivity contribution is 0.337.